The molecule has 1 rings (SSSR count). The molecule has 0 aliphatic carbocycles. The van der Waals surface area contributed by atoms with Crippen LogP contribution in [0.3, 0.4) is 0 Å². The Morgan fingerprint density at radius 3 is 2.60 bits per heavy atom. The number of rotatable bonds is 7. The van der Waals surface area contributed by atoms with Crippen LogP contribution in [0.2, 0.25) is 0 Å². The van der Waals surface area contributed by atoms with Gasteiger partial charge in [0.25, 0.3) is 0 Å². The second-order valence-electron chi connectivity index (χ2n) is 3.84. The van der Waals surface area contributed by atoms with Crippen molar-refractivity contribution in [1.29, 1.82) is 0 Å². The summed E-state index contributed by atoms with van der Waals surface area (Å²) in [5, 5.41) is 0. The van der Waals surface area contributed by atoms with Gasteiger partial charge in [-0.2, -0.15) is 0 Å². The Hall–Kier alpha value is -0.600. The van der Waals surface area contributed by atoms with Crippen molar-refractivity contribution in [2.75, 3.05) is 19.5 Å². The molecular weight excluding hydrogens is 208 g/mol. The summed E-state index contributed by atoms with van der Waals surface area (Å²) in [6.07, 6.45) is 7.27. The van der Waals surface area contributed by atoms with Gasteiger partial charge in [-0.1, -0.05) is 6.42 Å². The van der Waals surface area contributed by atoms with E-state index in [-0.39, 0.29) is 0 Å². The van der Waals surface area contributed by atoms with Gasteiger partial charge in [0.1, 0.15) is 0 Å². The Labute approximate surface area is 97.3 Å². The highest BCUT2D eigenvalue weighted by molar-refractivity contribution is 6.17. The maximum atomic E-state index is 5.63. The molecule has 0 saturated carbocycles. The molecule has 1 heterocycles. The van der Waals surface area contributed by atoms with E-state index in [1.165, 1.54) is 18.4 Å². The highest BCUT2D eigenvalue weighted by atomic mass is 35.5. The molecule has 84 valence electrons. The summed E-state index contributed by atoms with van der Waals surface area (Å²) >= 11 is 5.63. The van der Waals surface area contributed by atoms with Gasteiger partial charge >= 0.3 is 0 Å². The third kappa shape index (κ3) is 5.75. The number of hydrogen-bond donors (Lipinski definition) is 0. The fourth-order valence-corrected chi connectivity index (χ4v) is 1.72. The molecular formula is C12H19ClN2. The number of aromatic nitrogens is 1. The molecule has 0 fully saturated rings. The summed E-state index contributed by atoms with van der Waals surface area (Å²) in [6, 6.07) is 4.13. The second kappa shape index (κ2) is 7.66. The predicted molar refractivity (Wildman–Crippen MR) is 65.1 cm³/mol. The topological polar surface area (TPSA) is 16.1 Å². The molecule has 0 aromatic carbocycles. The molecule has 0 N–H and O–H groups in total. The fraction of sp³-hybridized carbons (Fsp3) is 0.583. The Morgan fingerprint density at radius 1 is 1.20 bits per heavy atom. The Bertz CT molecular complexity index is 251. The Kier molecular flexibility index (Phi) is 6.37. The minimum absolute atomic E-state index is 0.786. The van der Waals surface area contributed by atoms with Crippen LogP contribution in [0.4, 0.5) is 0 Å². The number of halogens is 1. The monoisotopic (exact) mass is 226 g/mol. The zero-order valence-corrected chi connectivity index (χ0v) is 10.1. The molecule has 3 heteroatoms. The van der Waals surface area contributed by atoms with Crippen molar-refractivity contribution in [3.05, 3.63) is 30.1 Å². The molecule has 0 atom stereocenters. The van der Waals surface area contributed by atoms with Crippen LogP contribution in [0.1, 0.15) is 24.8 Å². The third-order valence-electron chi connectivity index (χ3n) is 2.38. The summed E-state index contributed by atoms with van der Waals surface area (Å²) in [7, 11) is 2.15. The lowest BCUT2D eigenvalue weighted by Crippen LogP contribution is -2.19. The largest absolute Gasteiger partial charge is 0.302 e. The quantitative estimate of drug-likeness (QED) is 0.525. The molecule has 0 bridgehead atoms. The predicted octanol–water partition coefficient (Wildman–Crippen LogP) is 2.92. The maximum absolute atomic E-state index is 5.63. The van der Waals surface area contributed by atoms with E-state index in [2.05, 4.69) is 29.1 Å². The standard InChI is InChI=1S/C12H19ClN2/c1-15(10-4-2-3-7-13)11-12-5-8-14-9-6-12/h5-6,8-9H,2-4,7,10-11H2,1H3. The lowest BCUT2D eigenvalue weighted by Gasteiger charge is -2.16. The first-order valence-electron chi connectivity index (χ1n) is 5.46. The average Bonchev–Trinajstić information content (AvgIpc) is 2.26. The third-order valence-corrected chi connectivity index (χ3v) is 2.64. The zero-order valence-electron chi connectivity index (χ0n) is 9.32. The second-order valence-corrected chi connectivity index (χ2v) is 4.22. The van der Waals surface area contributed by atoms with E-state index in [0.29, 0.717) is 0 Å². The van der Waals surface area contributed by atoms with E-state index >= 15 is 0 Å². The van der Waals surface area contributed by atoms with E-state index < -0.39 is 0 Å². The number of alkyl halides is 1. The summed E-state index contributed by atoms with van der Waals surface area (Å²) in [4.78, 5) is 6.34. The van der Waals surface area contributed by atoms with Crippen molar-refractivity contribution in [3.63, 3.8) is 0 Å². The van der Waals surface area contributed by atoms with E-state index in [1.807, 2.05) is 12.4 Å². The van der Waals surface area contributed by atoms with Gasteiger partial charge in [-0.15, -0.1) is 11.6 Å². The molecule has 1 aromatic heterocycles. The summed E-state index contributed by atoms with van der Waals surface area (Å²) in [5.74, 6) is 0.786. The van der Waals surface area contributed by atoms with Crippen molar-refractivity contribution in [2.24, 2.45) is 0 Å². The zero-order chi connectivity index (χ0) is 10.9. The fourth-order valence-electron chi connectivity index (χ4n) is 1.53. The Balaban J connectivity index is 2.16. The molecule has 0 saturated heterocycles. The van der Waals surface area contributed by atoms with Crippen molar-refractivity contribution in [3.8, 4) is 0 Å². The minimum atomic E-state index is 0.786. The highest BCUT2D eigenvalue weighted by Gasteiger charge is 1.99. The minimum Gasteiger partial charge on any atom is -0.302 e. The van der Waals surface area contributed by atoms with Gasteiger partial charge in [-0.05, 0) is 44.1 Å². The highest BCUT2D eigenvalue weighted by Crippen LogP contribution is 2.04. The number of unbranched alkanes of at least 4 members (excludes halogenated alkanes) is 2. The molecule has 2 nitrogen and oxygen atoms in total. The molecule has 0 aliphatic rings. The maximum Gasteiger partial charge on any atom is 0.0271 e. The van der Waals surface area contributed by atoms with Gasteiger partial charge < -0.3 is 4.90 Å². The van der Waals surface area contributed by atoms with Crippen molar-refractivity contribution in [2.45, 2.75) is 25.8 Å². The molecule has 1 aromatic rings. The molecule has 0 radical (unpaired) electrons. The van der Waals surface area contributed by atoms with Gasteiger partial charge in [0.15, 0.2) is 0 Å². The van der Waals surface area contributed by atoms with Crippen LogP contribution in [0, 0.1) is 0 Å². The van der Waals surface area contributed by atoms with Crippen LogP contribution in [0.5, 0.6) is 0 Å². The van der Waals surface area contributed by atoms with Gasteiger partial charge in [-0.25, -0.2) is 0 Å². The number of hydrogen-bond acceptors (Lipinski definition) is 2. The first-order valence-corrected chi connectivity index (χ1v) is 6.00. The molecule has 0 unspecified atom stereocenters. The molecule has 15 heavy (non-hydrogen) atoms. The van der Waals surface area contributed by atoms with E-state index in [0.717, 1.165) is 25.4 Å². The molecule has 0 amide bonds. The van der Waals surface area contributed by atoms with Gasteiger partial charge in [0.05, 0.1) is 0 Å². The summed E-state index contributed by atoms with van der Waals surface area (Å²) in [5.41, 5.74) is 1.32. The SMILES string of the molecule is CN(CCCCCCl)Cc1ccncc1. The van der Waals surface area contributed by atoms with E-state index in [4.69, 9.17) is 11.6 Å². The van der Waals surface area contributed by atoms with Crippen molar-refractivity contribution < 1.29 is 0 Å². The van der Waals surface area contributed by atoms with Crippen LogP contribution in [0.15, 0.2) is 24.5 Å². The lowest BCUT2D eigenvalue weighted by atomic mass is 10.2. The van der Waals surface area contributed by atoms with Crippen LogP contribution in [0.25, 0.3) is 0 Å². The Morgan fingerprint density at radius 2 is 1.93 bits per heavy atom. The van der Waals surface area contributed by atoms with Crippen molar-refractivity contribution in [1.82, 2.24) is 9.88 Å². The first kappa shape index (κ1) is 12.5. The van der Waals surface area contributed by atoms with Crippen LogP contribution >= 0.6 is 11.6 Å². The first-order chi connectivity index (χ1) is 7.33. The van der Waals surface area contributed by atoms with Crippen molar-refractivity contribution >= 4 is 11.6 Å². The van der Waals surface area contributed by atoms with Crippen LogP contribution in [-0.2, 0) is 6.54 Å². The van der Waals surface area contributed by atoms with E-state index in [9.17, 15) is 0 Å². The van der Waals surface area contributed by atoms with Crippen LogP contribution < -0.4 is 0 Å². The van der Waals surface area contributed by atoms with Gasteiger partial charge in [0, 0.05) is 24.8 Å². The smallest absolute Gasteiger partial charge is 0.0271 e. The van der Waals surface area contributed by atoms with Crippen LogP contribution in [-0.4, -0.2) is 29.4 Å². The van der Waals surface area contributed by atoms with Gasteiger partial charge in [-0.3, -0.25) is 4.98 Å². The molecule has 0 aliphatic heterocycles. The lowest BCUT2D eigenvalue weighted by molar-refractivity contribution is 0.318. The molecule has 0 spiro atoms. The van der Waals surface area contributed by atoms with E-state index in [1.54, 1.807) is 0 Å². The van der Waals surface area contributed by atoms with Gasteiger partial charge in [0.2, 0.25) is 0 Å². The normalized spacial score (nSPS) is 10.9. The summed E-state index contributed by atoms with van der Waals surface area (Å²) < 4.78 is 0. The average molecular weight is 227 g/mol. The number of nitrogens with zero attached hydrogens (tertiary/aromatic N) is 2. The number of pyridine rings is 1. The summed E-state index contributed by atoms with van der Waals surface area (Å²) in [6.45, 7) is 2.14.